The Labute approximate surface area is 105 Å². The number of nitrogens with zero attached hydrogens (tertiary/aromatic N) is 2. The van der Waals surface area contributed by atoms with Crippen LogP contribution in [0.2, 0.25) is 0 Å². The molecule has 0 saturated carbocycles. The Bertz CT molecular complexity index is 241. The zero-order valence-electron chi connectivity index (χ0n) is 11.7. The monoisotopic (exact) mass is 241 g/mol. The smallest absolute Gasteiger partial charge is 0.238 e. The number of nitrogens with one attached hydrogen (secondary N) is 1. The summed E-state index contributed by atoms with van der Waals surface area (Å²) in [6.45, 7) is 12.2. The van der Waals surface area contributed by atoms with E-state index in [1.807, 2.05) is 4.90 Å². The molecule has 0 aromatic rings. The third-order valence-electron chi connectivity index (χ3n) is 3.57. The van der Waals surface area contributed by atoms with E-state index in [1.165, 1.54) is 0 Å². The second kappa shape index (κ2) is 6.97. The Kier molecular flexibility index (Phi) is 5.92. The van der Waals surface area contributed by atoms with E-state index in [1.54, 1.807) is 0 Å². The topological polar surface area (TPSA) is 35.6 Å². The van der Waals surface area contributed by atoms with Crippen LogP contribution in [0.25, 0.3) is 0 Å². The molecule has 0 aromatic heterocycles. The number of rotatable bonds is 7. The van der Waals surface area contributed by atoms with Gasteiger partial charge in [-0.15, -0.1) is 0 Å². The third-order valence-corrected chi connectivity index (χ3v) is 3.57. The van der Waals surface area contributed by atoms with Crippen LogP contribution in [0.1, 0.15) is 40.5 Å². The number of amides is 1. The van der Waals surface area contributed by atoms with Crippen LogP contribution in [0.3, 0.4) is 0 Å². The van der Waals surface area contributed by atoms with E-state index < -0.39 is 0 Å². The van der Waals surface area contributed by atoms with Crippen molar-refractivity contribution in [2.75, 3.05) is 26.2 Å². The van der Waals surface area contributed by atoms with Crippen LogP contribution >= 0.6 is 0 Å². The number of carbonyl (C=O) groups is 1. The highest BCUT2D eigenvalue weighted by atomic mass is 16.2. The Hall–Kier alpha value is -0.610. The molecular formula is C13H27N3O. The molecule has 1 fully saturated rings. The summed E-state index contributed by atoms with van der Waals surface area (Å²) in [6.07, 6.45) is 2.41. The molecule has 1 saturated heterocycles. The minimum absolute atomic E-state index is 0.248. The van der Waals surface area contributed by atoms with Gasteiger partial charge in [-0.1, -0.05) is 27.2 Å². The minimum atomic E-state index is 0.248. The summed E-state index contributed by atoms with van der Waals surface area (Å²) in [6, 6.07) is 0.300. The van der Waals surface area contributed by atoms with Crippen molar-refractivity contribution in [1.29, 1.82) is 0 Å². The molecule has 1 aliphatic heterocycles. The maximum absolute atomic E-state index is 11.9. The first-order chi connectivity index (χ1) is 8.13. The summed E-state index contributed by atoms with van der Waals surface area (Å²) < 4.78 is 0. The Balaban J connectivity index is 2.58. The number of carbonyl (C=O) groups excluding carboxylic acids is 1. The van der Waals surface area contributed by atoms with Crippen molar-refractivity contribution < 1.29 is 4.79 Å². The molecule has 1 N–H and O–H groups in total. The molecule has 1 amide bonds. The lowest BCUT2D eigenvalue weighted by Crippen LogP contribution is -2.48. The van der Waals surface area contributed by atoms with Crippen LogP contribution in [0, 0.1) is 0 Å². The SMILES string of the molecule is CCCC1NCC(=O)N1C(C)CN(CC)CC. The molecular weight excluding hydrogens is 214 g/mol. The van der Waals surface area contributed by atoms with Gasteiger partial charge in [0, 0.05) is 12.6 Å². The summed E-state index contributed by atoms with van der Waals surface area (Å²) in [7, 11) is 0. The lowest BCUT2D eigenvalue weighted by Gasteiger charge is -2.33. The lowest BCUT2D eigenvalue weighted by molar-refractivity contribution is -0.130. The van der Waals surface area contributed by atoms with Crippen molar-refractivity contribution in [3.8, 4) is 0 Å². The van der Waals surface area contributed by atoms with Crippen LogP contribution in [-0.4, -0.2) is 54.1 Å². The van der Waals surface area contributed by atoms with Gasteiger partial charge in [0.2, 0.25) is 5.91 Å². The molecule has 100 valence electrons. The molecule has 0 aliphatic carbocycles. The quantitative estimate of drug-likeness (QED) is 0.729. The van der Waals surface area contributed by atoms with Gasteiger partial charge in [-0.25, -0.2) is 0 Å². The summed E-state index contributed by atoms with van der Waals surface area (Å²) >= 11 is 0. The van der Waals surface area contributed by atoms with Crippen LogP contribution in [0.4, 0.5) is 0 Å². The van der Waals surface area contributed by atoms with Crippen molar-refractivity contribution in [3.63, 3.8) is 0 Å². The number of hydrogen-bond acceptors (Lipinski definition) is 3. The normalized spacial score (nSPS) is 22.5. The highest BCUT2D eigenvalue weighted by molar-refractivity contribution is 5.81. The molecule has 1 aliphatic rings. The largest absolute Gasteiger partial charge is 0.322 e. The van der Waals surface area contributed by atoms with E-state index in [-0.39, 0.29) is 12.1 Å². The number of hydrogen-bond donors (Lipinski definition) is 1. The van der Waals surface area contributed by atoms with Crippen molar-refractivity contribution in [2.45, 2.75) is 52.7 Å². The van der Waals surface area contributed by atoms with E-state index in [4.69, 9.17) is 0 Å². The molecule has 0 spiro atoms. The van der Waals surface area contributed by atoms with E-state index in [2.05, 4.69) is 37.9 Å². The van der Waals surface area contributed by atoms with Gasteiger partial charge in [-0.2, -0.15) is 0 Å². The molecule has 1 rings (SSSR count). The van der Waals surface area contributed by atoms with Gasteiger partial charge in [0.15, 0.2) is 0 Å². The highest BCUT2D eigenvalue weighted by Gasteiger charge is 2.33. The molecule has 17 heavy (non-hydrogen) atoms. The maximum atomic E-state index is 11.9. The van der Waals surface area contributed by atoms with E-state index in [0.717, 1.165) is 32.5 Å². The highest BCUT2D eigenvalue weighted by Crippen LogP contribution is 2.15. The predicted molar refractivity (Wildman–Crippen MR) is 70.8 cm³/mol. The summed E-state index contributed by atoms with van der Waals surface area (Å²) in [5, 5.41) is 3.31. The molecule has 2 unspecified atom stereocenters. The number of likely N-dealkylation sites (N-methyl/N-ethyl adjacent to an activating group) is 1. The van der Waals surface area contributed by atoms with Gasteiger partial charge in [-0.3, -0.25) is 10.1 Å². The Morgan fingerprint density at radius 1 is 1.41 bits per heavy atom. The fourth-order valence-electron chi connectivity index (χ4n) is 2.58. The molecule has 2 atom stereocenters. The molecule has 0 aromatic carbocycles. The molecule has 4 nitrogen and oxygen atoms in total. The van der Waals surface area contributed by atoms with Gasteiger partial charge in [0.25, 0.3) is 0 Å². The standard InChI is InChI=1S/C13H27N3O/c1-5-8-12-14-9-13(17)16(12)11(4)10-15(6-2)7-3/h11-12,14H,5-10H2,1-4H3. The first-order valence-electron chi connectivity index (χ1n) is 6.90. The lowest BCUT2D eigenvalue weighted by atomic mass is 10.2. The molecule has 0 bridgehead atoms. The average Bonchev–Trinajstić information content (AvgIpc) is 2.68. The van der Waals surface area contributed by atoms with E-state index in [0.29, 0.717) is 12.6 Å². The zero-order valence-corrected chi connectivity index (χ0v) is 11.7. The van der Waals surface area contributed by atoms with Gasteiger partial charge >= 0.3 is 0 Å². The van der Waals surface area contributed by atoms with Crippen LogP contribution in [0.5, 0.6) is 0 Å². The third kappa shape index (κ3) is 3.68. The molecule has 1 heterocycles. The zero-order chi connectivity index (χ0) is 12.8. The predicted octanol–water partition coefficient (Wildman–Crippen LogP) is 1.27. The average molecular weight is 241 g/mol. The fourth-order valence-corrected chi connectivity index (χ4v) is 2.58. The van der Waals surface area contributed by atoms with Gasteiger partial charge in [0.1, 0.15) is 0 Å². The van der Waals surface area contributed by atoms with Gasteiger partial charge < -0.3 is 9.80 Å². The van der Waals surface area contributed by atoms with Crippen molar-refractivity contribution >= 4 is 5.91 Å². The van der Waals surface area contributed by atoms with Gasteiger partial charge in [-0.05, 0) is 26.4 Å². The maximum Gasteiger partial charge on any atom is 0.238 e. The van der Waals surface area contributed by atoms with Crippen LogP contribution in [-0.2, 0) is 4.79 Å². The second-order valence-corrected chi connectivity index (χ2v) is 4.82. The van der Waals surface area contributed by atoms with Crippen molar-refractivity contribution in [1.82, 2.24) is 15.1 Å². The van der Waals surface area contributed by atoms with Crippen LogP contribution in [0.15, 0.2) is 0 Å². The van der Waals surface area contributed by atoms with Crippen molar-refractivity contribution in [3.05, 3.63) is 0 Å². The van der Waals surface area contributed by atoms with E-state index >= 15 is 0 Å². The first kappa shape index (κ1) is 14.5. The minimum Gasteiger partial charge on any atom is -0.322 e. The molecule has 0 radical (unpaired) electrons. The second-order valence-electron chi connectivity index (χ2n) is 4.82. The molecule has 4 heteroatoms. The summed E-state index contributed by atoms with van der Waals surface area (Å²) in [5.41, 5.74) is 0. The first-order valence-corrected chi connectivity index (χ1v) is 6.90. The summed E-state index contributed by atoms with van der Waals surface area (Å²) in [5.74, 6) is 0.253. The van der Waals surface area contributed by atoms with Crippen LogP contribution < -0.4 is 5.32 Å². The summed E-state index contributed by atoms with van der Waals surface area (Å²) in [4.78, 5) is 16.3. The Morgan fingerprint density at radius 2 is 2.06 bits per heavy atom. The fraction of sp³-hybridized carbons (Fsp3) is 0.923. The Morgan fingerprint density at radius 3 is 2.59 bits per heavy atom. The van der Waals surface area contributed by atoms with E-state index in [9.17, 15) is 4.79 Å². The van der Waals surface area contributed by atoms with Gasteiger partial charge in [0.05, 0.1) is 12.7 Å². The van der Waals surface area contributed by atoms with Crippen molar-refractivity contribution in [2.24, 2.45) is 0 Å².